The third kappa shape index (κ3) is 8.89. The van der Waals surface area contributed by atoms with Crippen LogP contribution in [0.5, 0.6) is 11.5 Å². The predicted octanol–water partition coefficient (Wildman–Crippen LogP) is 7.74. The normalized spacial score (nSPS) is 14.0. The number of nitrogens with one attached hydrogen (secondary N) is 2. The van der Waals surface area contributed by atoms with E-state index in [4.69, 9.17) is 14.2 Å². The molecule has 0 aliphatic carbocycles. The molecule has 43 heavy (non-hydrogen) atoms. The van der Waals surface area contributed by atoms with E-state index in [0.717, 1.165) is 40.7 Å². The molecule has 8 heteroatoms. The van der Waals surface area contributed by atoms with Gasteiger partial charge >= 0.3 is 12.1 Å². The molecule has 3 aromatic rings. The van der Waals surface area contributed by atoms with Gasteiger partial charge in [0.15, 0.2) is 11.5 Å². The van der Waals surface area contributed by atoms with Crippen molar-refractivity contribution in [3.8, 4) is 11.5 Å². The van der Waals surface area contributed by atoms with Gasteiger partial charge < -0.3 is 24.8 Å². The minimum atomic E-state index is -0.413. The van der Waals surface area contributed by atoms with Crippen LogP contribution in [0, 0.1) is 13.8 Å². The molecule has 1 heterocycles. The Labute approximate surface area is 255 Å². The lowest BCUT2D eigenvalue weighted by Crippen LogP contribution is -2.46. The molecular formula is C35H45N3O5. The SMILES string of the molecule is CCCC[C@@H](COC(=O)N(Cc1ccc(C)cc1)C(C)c1ccc(C)cc1)NC(=O)N[C@@H](CC)c1ccc2c(c1)OCO2. The molecule has 2 N–H and O–H groups in total. The summed E-state index contributed by atoms with van der Waals surface area (Å²) in [4.78, 5) is 28.5. The second-order valence-electron chi connectivity index (χ2n) is 11.3. The fraction of sp³-hybridized carbons (Fsp3) is 0.429. The van der Waals surface area contributed by atoms with Gasteiger partial charge in [-0.15, -0.1) is 0 Å². The van der Waals surface area contributed by atoms with E-state index >= 15 is 0 Å². The molecule has 1 unspecified atom stereocenters. The maximum absolute atomic E-state index is 13.6. The van der Waals surface area contributed by atoms with Gasteiger partial charge in [0.25, 0.3) is 0 Å². The number of ether oxygens (including phenoxy) is 3. The molecule has 0 bridgehead atoms. The van der Waals surface area contributed by atoms with Crippen LogP contribution in [0.1, 0.15) is 86.4 Å². The van der Waals surface area contributed by atoms with Crippen LogP contribution in [0.15, 0.2) is 66.7 Å². The Morgan fingerprint density at radius 2 is 1.53 bits per heavy atom. The molecule has 1 aliphatic rings. The molecule has 3 amide bonds. The first-order valence-electron chi connectivity index (χ1n) is 15.3. The van der Waals surface area contributed by atoms with Crippen molar-refractivity contribution in [3.63, 3.8) is 0 Å². The van der Waals surface area contributed by atoms with Crippen molar-refractivity contribution < 1.29 is 23.8 Å². The van der Waals surface area contributed by atoms with Gasteiger partial charge in [0.2, 0.25) is 6.79 Å². The number of unbranched alkanes of at least 4 members (excludes halogenated alkanes) is 1. The summed E-state index contributed by atoms with van der Waals surface area (Å²) in [5, 5.41) is 6.13. The molecule has 8 nitrogen and oxygen atoms in total. The van der Waals surface area contributed by atoms with Gasteiger partial charge in [-0.3, -0.25) is 4.90 Å². The van der Waals surface area contributed by atoms with Crippen LogP contribution in [0.25, 0.3) is 0 Å². The third-order valence-corrected chi connectivity index (χ3v) is 7.90. The van der Waals surface area contributed by atoms with Crippen molar-refractivity contribution in [1.82, 2.24) is 15.5 Å². The second-order valence-corrected chi connectivity index (χ2v) is 11.3. The molecule has 0 saturated carbocycles. The lowest BCUT2D eigenvalue weighted by Gasteiger charge is -2.30. The van der Waals surface area contributed by atoms with Crippen molar-refractivity contribution in [2.45, 2.75) is 85.0 Å². The molecule has 230 valence electrons. The summed E-state index contributed by atoms with van der Waals surface area (Å²) < 4.78 is 16.8. The van der Waals surface area contributed by atoms with Crippen LogP contribution in [0.4, 0.5) is 9.59 Å². The first-order valence-corrected chi connectivity index (χ1v) is 15.3. The van der Waals surface area contributed by atoms with Crippen molar-refractivity contribution in [3.05, 3.63) is 94.5 Å². The van der Waals surface area contributed by atoms with E-state index in [0.29, 0.717) is 30.9 Å². The number of aryl methyl sites for hydroxylation is 2. The number of nitrogens with zero attached hydrogens (tertiary/aromatic N) is 1. The maximum Gasteiger partial charge on any atom is 0.410 e. The number of carbonyl (C=O) groups excluding carboxylic acids is 2. The van der Waals surface area contributed by atoms with Gasteiger partial charge in [-0.25, -0.2) is 9.59 Å². The molecule has 0 aromatic heterocycles. The summed E-state index contributed by atoms with van der Waals surface area (Å²) >= 11 is 0. The number of benzene rings is 3. The van der Waals surface area contributed by atoms with Gasteiger partial charge in [-0.2, -0.15) is 0 Å². The quantitative estimate of drug-likeness (QED) is 0.214. The molecule has 3 atom stereocenters. The largest absolute Gasteiger partial charge is 0.454 e. The van der Waals surface area contributed by atoms with Gasteiger partial charge in [0.1, 0.15) is 6.61 Å². The molecular weight excluding hydrogens is 542 g/mol. The predicted molar refractivity (Wildman–Crippen MR) is 168 cm³/mol. The molecule has 3 aromatic carbocycles. The first-order chi connectivity index (χ1) is 20.8. The van der Waals surface area contributed by atoms with Gasteiger partial charge in [0.05, 0.1) is 18.1 Å². The summed E-state index contributed by atoms with van der Waals surface area (Å²) in [6.07, 6.45) is 2.85. The summed E-state index contributed by atoms with van der Waals surface area (Å²) in [6, 6.07) is 21.1. The highest BCUT2D eigenvalue weighted by molar-refractivity contribution is 5.75. The van der Waals surface area contributed by atoms with Crippen molar-refractivity contribution in [2.75, 3.05) is 13.4 Å². The van der Waals surface area contributed by atoms with E-state index in [1.807, 2.05) is 70.2 Å². The molecule has 0 radical (unpaired) electrons. The lowest BCUT2D eigenvalue weighted by atomic mass is 10.0. The van der Waals surface area contributed by atoms with Crippen LogP contribution < -0.4 is 20.1 Å². The third-order valence-electron chi connectivity index (χ3n) is 7.90. The van der Waals surface area contributed by atoms with Crippen LogP contribution in [-0.2, 0) is 11.3 Å². The first kappa shape index (κ1) is 31.7. The number of carbonyl (C=O) groups is 2. The van der Waals surface area contributed by atoms with Crippen molar-refractivity contribution in [1.29, 1.82) is 0 Å². The lowest BCUT2D eigenvalue weighted by molar-refractivity contribution is 0.0768. The summed E-state index contributed by atoms with van der Waals surface area (Å²) in [5.41, 5.74) is 5.32. The standard InChI is InChI=1S/C35H45N3O5/c1-6-8-9-30(36-34(39)37-31(7-2)29-18-19-32-33(20-29)43-23-42-32)22-41-35(40)38(21-27-14-10-24(3)11-15-27)26(5)28-16-12-25(4)13-17-28/h10-20,26,30-31H,6-9,21-23H2,1-5H3,(H2,36,37,39)/t26?,30-,31-/m0/s1. The molecule has 0 fully saturated rings. The maximum atomic E-state index is 13.6. The van der Waals surface area contributed by atoms with Crippen molar-refractivity contribution >= 4 is 12.1 Å². The fourth-order valence-corrected chi connectivity index (χ4v) is 5.11. The van der Waals surface area contributed by atoms with Gasteiger partial charge in [0, 0.05) is 6.54 Å². The Kier molecular flexibility index (Phi) is 11.3. The molecule has 1 aliphatic heterocycles. The van der Waals surface area contributed by atoms with E-state index in [9.17, 15) is 9.59 Å². The van der Waals surface area contributed by atoms with Crippen LogP contribution in [-0.4, -0.2) is 36.5 Å². The smallest absolute Gasteiger partial charge is 0.410 e. The van der Waals surface area contributed by atoms with E-state index in [1.54, 1.807) is 4.90 Å². The zero-order valence-corrected chi connectivity index (χ0v) is 26.0. The highest BCUT2D eigenvalue weighted by Gasteiger charge is 2.25. The number of rotatable bonds is 13. The average molecular weight is 588 g/mol. The summed E-state index contributed by atoms with van der Waals surface area (Å²) in [5.74, 6) is 1.39. The Bertz CT molecular complexity index is 1340. The Morgan fingerprint density at radius 1 is 0.884 bits per heavy atom. The Balaban J connectivity index is 1.42. The molecule has 0 saturated heterocycles. The minimum Gasteiger partial charge on any atom is -0.454 e. The van der Waals surface area contributed by atoms with E-state index < -0.39 is 6.09 Å². The highest BCUT2D eigenvalue weighted by Crippen LogP contribution is 2.34. The van der Waals surface area contributed by atoms with E-state index in [1.165, 1.54) is 0 Å². The van der Waals surface area contributed by atoms with E-state index in [2.05, 4.69) is 41.8 Å². The minimum absolute atomic E-state index is 0.0814. The zero-order valence-electron chi connectivity index (χ0n) is 26.0. The molecule has 4 rings (SSSR count). The molecule has 0 spiro atoms. The van der Waals surface area contributed by atoms with Gasteiger partial charge in [-0.1, -0.05) is 92.4 Å². The number of urea groups is 1. The zero-order chi connectivity index (χ0) is 30.8. The Morgan fingerprint density at radius 3 is 2.21 bits per heavy atom. The topological polar surface area (TPSA) is 89.1 Å². The Hall–Kier alpha value is -4.20. The summed E-state index contributed by atoms with van der Waals surface area (Å²) in [7, 11) is 0. The number of amides is 3. The fourth-order valence-electron chi connectivity index (χ4n) is 5.11. The number of hydrogen-bond acceptors (Lipinski definition) is 5. The summed E-state index contributed by atoms with van der Waals surface area (Å²) in [6.45, 7) is 10.9. The number of fused-ring (bicyclic) bond motifs is 1. The monoisotopic (exact) mass is 587 g/mol. The van der Waals surface area contributed by atoms with Crippen LogP contribution in [0.2, 0.25) is 0 Å². The van der Waals surface area contributed by atoms with Crippen LogP contribution in [0.3, 0.4) is 0 Å². The highest BCUT2D eigenvalue weighted by atomic mass is 16.7. The number of hydrogen-bond donors (Lipinski definition) is 2. The second kappa shape index (κ2) is 15.3. The average Bonchev–Trinajstić information content (AvgIpc) is 3.49. The van der Waals surface area contributed by atoms with E-state index in [-0.39, 0.29) is 37.6 Å². The van der Waals surface area contributed by atoms with Crippen LogP contribution >= 0.6 is 0 Å². The van der Waals surface area contributed by atoms with Gasteiger partial charge in [-0.05, 0) is 62.4 Å². The van der Waals surface area contributed by atoms with Crippen molar-refractivity contribution in [2.24, 2.45) is 0 Å².